The largest absolute Gasteiger partial charge is 0.478 e. The number of ketones is 1. The Balaban J connectivity index is 1.43. The van der Waals surface area contributed by atoms with Crippen LogP contribution in [0.5, 0.6) is 0 Å². The molecule has 6 aliphatic carbocycles. The molecular formula is C26H34O4. The Bertz CT molecular complexity index is 853. The smallest absolute Gasteiger partial charge is 0.328 e. The first-order chi connectivity index (χ1) is 14.4. The molecule has 9 atom stereocenters. The lowest BCUT2D eigenvalue weighted by atomic mass is 9.45. The van der Waals surface area contributed by atoms with Crippen LogP contribution in [0.1, 0.15) is 64.7 Å². The highest BCUT2D eigenvalue weighted by Crippen LogP contribution is 2.78. The van der Waals surface area contributed by atoms with Gasteiger partial charge in [-0.15, -0.1) is 0 Å². The third-order valence-corrected chi connectivity index (χ3v) is 10.5. The van der Waals surface area contributed by atoms with Crippen LogP contribution in [0.2, 0.25) is 0 Å². The van der Waals surface area contributed by atoms with Crippen molar-refractivity contribution < 1.29 is 19.8 Å². The number of hydrogen-bond donors (Lipinski definition) is 2. The number of aliphatic hydroxyl groups is 1. The van der Waals surface area contributed by atoms with Crippen LogP contribution in [0.15, 0.2) is 23.8 Å². The number of carboxylic acids is 1. The van der Waals surface area contributed by atoms with Gasteiger partial charge in [-0.1, -0.05) is 12.5 Å². The summed E-state index contributed by atoms with van der Waals surface area (Å²) in [7, 11) is 0. The zero-order valence-corrected chi connectivity index (χ0v) is 17.9. The number of carbonyl (C=O) groups excluding carboxylic acids is 1. The first-order valence-electron chi connectivity index (χ1n) is 12.3. The molecule has 5 fully saturated rings. The summed E-state index contributed by atoms with van der Waals surface area (Å²) in [6, 6.07) is 0. The third-order valence-electron chi connectivity index (χ3n) is 10.5. The number of aliphatic carboxylic acids is 1. The lowest BCUT2D eigenvalue weighted by Gasteiger charge is -2.60. The van der Waals surface area contributed by atoms with Gasteiger partial charge in [0.25, 0.3) is 0 Å². The van der Waals surface area contributed by atoms with E-state index in [0.717, 1.165) is 44.4 Å². The number of carboxylic acid groups (broad SMARTS) is 1. The summed E-state index contributed by atoms with van der Waals surface area (Å²) < 4.78 is 0. The van der Waals surface area contributed by atoms with E-state index in [9.17, 15) is 19.8 Å². The third kappa shape index (κ3) is 2.43. The lowest BCUT2D eigenvalue weighted by Crippen LogP contribution is -2.57. The van der Waals surface area contributed by atoms with E-state index < -0.39 is 11.6 Å². The maximum atomic E-state index is 12.2. The number of carbonyl (C=O) groups is 2. The molecule has 4 heteroatoms. The Morgan fingerprint density at radius 1 is 1.20 bits per heavy atom. The molecule has 0 aliphatic heterocycles. The van der Waals surface area contributed by atoms with Gasteiger partial charge in [0.1, 0.15) is 0 Å². The molecule has 0 heterocycles. The van der Waals surface area contributed by atoms with E-state index in [0.29, 0.717) is 47.7 Å². The average Bonchev–Trinajstić information content (AvgIpc) is 3.63. The molecule has 4 nitrogen and oxygen atoms in total. The number of allylic oxidation sites excluding steroid dienone is 1. The molecule has 5 saturated carbocycles. The van der Waals surface area contributed by atoms with Crippen LogP contribution >= 0.6 is 0 Å². The fourth-order valence-corrected chi connectivity index (χ4v) is 9.29. The van der Waals surface area contributed by atoms with Gasteiger partial charge in [0.05, 0.1) is 5.60 Å². The van der Waals surface area contributed by atoms with Gasteiger partial charge in [0.15, 0.2) is 5.78 Å². The second-order valence-electron chi connectivity index (χ2n) is 11.4. The van der Waals surface area contributed by atoms with Gasteiger partial charge in [-0.25, -0.2) is 4.79 Å². The SMILES string of the molecule is CC[C@]12CC[C@H]3[C@H]([C@@H]1[C@H]1C[C@H]1[C@@]2(O)/C=C\C(=O)O)[C@H](C1CC1)CC1=CC(=O)CC[C@@H]13. The van der Waals surface area contributed by atoms with E-state index in [1.54, 1.807) is 6.08 Å². The molecule has 0 aromatic rings. The van der Waals surface area contributed by atoms with Crippen LogP contribution in [0.25, 0.3) is 0 Å². The topological polar surface area (TPSA) is 74.6 Å². The molecule has 0 aromatic heterocycles. The minimum absolute atomic E-state index is 0.174. The fraction of sp³-hybridized carbons (Fsp3) is 0.769. The van der Waals surface area contributed by atoms with Gasteiger partial charge in [-0.05, 0) is 111 Å². The van der Waals surface area contributed by atoms with Crippen molar-refractivity contribution in [2.75, 3.05) is 0 Å². The van der Waals surface area contributed by atoms with E-state index in [-0.39, 0.29) is 11.3 Å². The van der Waals surface area contributed by atoms with Gasteiger partial charge in [0, 0.05) is 17.9 Å². The summed E-state index contributed by atoms with van der Waals surface area (Å²) in [4.78, 5) is 23.5. The van der Waals surface area contributed by atoms with Crippen molar-refractivity contribution in [2.45, 2.75) is 70.3 Å². The molecule has 30 heavy (non-hydrogen) atoms. The average molecular weight is 411 g/mol. The van der Waals surface area contributed by atoms with Gasteiger partial charge in [-0.2, -0.15) is 0 Å². The van der Waals surface area contributed by atoms with Crippen molar-refractivity contribution >= 4 is 11.8 Å². The first kappa shape index (κ1) is 19.3. The molecule has 162 valence electrons. The second kappa shape index (κ2) is 6.31. The highest BCUT2D eigenvalue weighted by Gasteiger charge is 2.76. The van der Waals surface area contributed by atoms with Crippen molar-refractivity contribution in [1.29, 1.82) is 0 Å². The van der Waals surface area contributed by atoms with Crippen LogP contribution in [-0.4, -0.2) is 27.6 Å². The molecule has 0 radical (unpaired) electrons. The highest BCUT2D eigenvalue weighted by molar-refractivity contribution is 5.91. The summed E-state index contributed by atoms with van der Waals surface area (Å²) >= 11 is 0. The van der Waals surface area contributed by atoms with E-state index in [4.69, 9.17) is 0 Å². The number of hydrogen-bond acceptors (Lipinski definition) is 3. The number of fused-ring (bicyclic) bond motifs is 7. The van der Waals surface area contributed by atoms with Crippen molar-refractivity contribution in [1.82, 2.24) is 0 Å². The Kier molecular flexibility index (Phi) is 4.05. The standard InChI is InChI=1S/C26H34O4/c1-2-25-9-7-18-17-6-5-16(27)11-15(17)12-19(14-3-4-14)23(18)24(25)20-13-21(20)26(25,30)10-8-22(28)29/h8,10-11,14,17-21,23-24,30H,2-7,9,12-13H2,1H3,(H,28,29)/b10-8-/t17-,18+,19-,20-,21+,23-,24-,25-,26-/m0/s1. The van der Waals surface area contributed by atoms with Crippen molar-refractivity contribution in [3.05, 3.63) is 23.8 Å². The normalized spacial score (nSPS) is 51.6. The predicted molar refractivity (Wildman–Crippen MR) is 112 cm³/mol. The zero-order valence-electron chi connectivity index (χ0n) is 17.9. The predicted octanol–water partition coefficient (Wildman–Crippen LogP) is 4.38. The second-order valence-corrected chi connectivity index (χ2v) is 11.4. The molecule has 0 aromatic carbocycles. The van der Waals surface area contributed by atoms with Crippen molar-refractivity contribution in [3.8, 4) is 0 Å². The van der Waals surface area contributed by atoms with Gasteiger partial charge in [-0.3, -0.25) is 4.79 Å². The Morgan fingerprint density at radius 2 is 2.00 bits per heavy atom. The Morgan fingerprint density at radius 3 is 2.70 bits per heavy atom. The Hall–Kier alpha value is -1.42. The van der Waals surface area contributed by atoms with Crippen molar-refractivity contribution in [2.24, 2.45) is 52.8 Å². The van der Waals surface area contributed by atoms with E-state index in [1.165, 1.54) is 24.5 Å². The molecule has 0 saturated heterocycles. The summed E-state index contributed by atoms with van der Waals surface area (Å²) in [5, 5.41) is 21.3. The molecule has 0 unspecified atom stereocenters. The van der Waals surface area contributed by atoms with Crippen molar-refractivity contribution in [3.63, 3.8) is 0 Å². The molecule has 2 N–H and O–H groups in total. The fourth-order valence-electron chi connectivity index (χ4n) is 9.29. The van der Waals surface area contributed by atoms with Gasteiger partial charge >= 0.3 is 5.97 Å². The van der Waals surface area contributed by atoms with Crippen LogP contribution < -0.4 is 0 Å². The molecule has 6 rings (SSSR count). The number of rotatable bonds is 4. The van der Waals surface area contributed by atoms with Crippen LogP contribution in [0.3, 0.4) is 0 Å². The van der Waals surface area contributed by atoms with Crippen LogP contribution in [0.4, 0.5) is 0 Å². The van der Waals surface area contributed by atoms with E-state index in [1.807, 2.05) is 6.08 Å². The van der Waals surface area contributed by atoms with Gasteiger partial charge < -0.3 is 10.2 Å². The van der Waals surface area contributed by atoms with E-state index >= 15 is 0 Å². The summed E-state index contributed by atoms with van der Waals surface area (Å²) in [5.74, 6) is 3.99. The maximum absolute atomic E-state index is 12.2. The van der Waals surface area contributed by atoms with Crippen LogP contribution in [0, 0.1) is 52.8 Å². The van der Waals surface area contributed by atoms with Gasteiger partial charge in [0.2, 0.25) is 0 Å². The summed E-state index contributed by atoms with van der Waals surface area (Å²) in [6.45, 7) is 2.22. The molecular weight excluding hydrogens is 376 g/mol. The highest BCUT2D eigenvalue weighted by atomic mass is 16.4. The molecule has 6 aliphatic rings. The first-order valence-corrected chi connectivity index (χ1v) is 12.3. The Labute approximate surface area is 178 Å². The summed E-state index contributed by atoms with van der Waals surface area (Å²) in [5.41, 5.74) is 0.305. The molecule has 0 spiro atoms. The monoisotopic (exact) mass is 410 g/mol. The zero-order chi connectivity index (χ0) is 20.8. The minimum atomic E-state index is -0.965. The maximum Gasteiger partial charge on any atom is 0.328 e. The summed E-state index contributed by atoms with van der Waals surface area (Å²) in [6.07, 6.45) is 14.4. The van der Waals surface area contributed by atoms with Crippen LogP contribution in [-0.2, 0) is 9.59 Å². The quantitative estimate of drug-likeness (QED) is 0.675. The lowest BCUT2D eigenvalue weighted by molar-refractivity contribution is -0.141. The minimum Gasteiger partial charge on any atom is -0.478 e. The molecule has 0 amide bonds. The van der Waals surface area contributed by atoms with E-state index in [2.05, 4.69) is 6.92 Å². The molecule has 0 bridgehead atoms.